The Labute approximate surface area is 135 Å². The number of hydrogen-bond donors (Lipinski definition) is 0. The molecule has 106 valence electrons. The fourth-order valence-corrected chi connectivity index (χ4v) is 2.80. The van der Waals surface area contributed by atoms with Gasteiger partial charge in [-0.25, -0.2) is 9.37 Å². The molecule has 0 aliphatic heterocycles. The van der Waals surface area contributed by atoms with Crippen LogP contribution in [-0.2, 0) is 6.54 Å². The van der Waals surface area contributed by atoms with Gasteiger partial charge in [-0.15, -0.1) is 0 Å². The Morgan fingerprint density at radius 3 is 2.76 bits per heavy atom. The SMILES string of the molecule is Fc1cccc(Cl)c1Cn1ccnc1-c1cccc(Br)c1. The Bertz CT molecular complexity index is 765. The van der Waals surface area contributed by atoms with Crippen molar-refractivity contribution in [2.45, 2.75) is 6.54 Å². The summed E-state index contributed by atoms with van der Waals surface area (Å²) >= 11 is 9.53. The molecule has 0 fully saturated rings. The Balaban J connectivity index is 2.00. The van der Waals surface area contributed by atoms with Crippen molar-refractivity contribution in [3.05, 3.63) is 75.7 Å². The number of rotatable bonds is 3. The molecular formula is C16H11BrClFN2. The van der Waals surface area contributed by atoms with Crippen LogP contribution in [0, 0.1) is 5.82 Å². The maximum absolute atomic E-state index is 13.9. The zero-order chi connectivity index (χ0) is 14.8. The summed E-state index contributed by atoms with van der Waals surface area (Å²) in [6.07, 6.45) is 3.52. The Morgan fingerprint density at radius 1 is 1.19 bits per heavy atom. The van der Waals surface area contributed by atoms with E-state index >= 15 is 0 Å². The minimum Gasteiger partial charge on any atom is -0.326 e. The van der Waals surface area contributed by atoms with Gasteiger partial charge < -0.3 is 4.57 Å². The molecule has 0 saturated carbocycles. The summed E-state index contributed by atoms with van der Waals surface area (Å²) in [6, 6.07) is 12.5. The largest absolute Gasteiger partial charge is 0.326 e. The summed E-state index contributed by atoms with van der Waals surface area (Å²) in [6.45, 7) is 0.341. The minimum absolute atomic E-state index is 0.309. The molecule has 0 N–H and O–H groups in total. The lowest BCUT2D eigenvalue weighted by molar-refractivity contribution is 0.600. The first-order valence-electron chi connectivity index (χ1n) is 6.35. The normalized spacial score (nSPS) is 10.8. The van der Waals surface area contributed by atoms with Crippen LogP contribution in [0.1, 0.15) is 5.56 Å². The van der Waals surface area contributed by atoms with E-state index in [1.807, 2.05) is 35.0 Å². The van der Waals surface area contributed by atoms with Crippen LogP contribution in [0.5, 0.6) is 0 Å². The molecule has 1 heterocycles. The zero-order valence-corrected chi connectivity index (χ0v) is 13.3. The van der Waals surface area contributed by atoms with E-state index in [-0.39, 0.29) is 5.82 Å². The van der Waals surface area contributed by atoms with Crippen LogP contribution >= 0.6 is 27.5 Å². The number of halogens is 3. The highest BCUT2D eigenvalue weighted by atomic mass is 79.9. The van der Waals surface area contributed by atoms with Gasteiger partial charge in [-0.3, -0.25) is 0 Å². The van der Waals surface area contributed by atoms with Crippen LogP contribution in [-0.4, -0.2) is 9.55 Å². The number of imidazole rings is 1. The lowest BCUT2D eigenvalue weighted by atomic mass is 10.2. The molecule has 0 radical (unpaired) electrons. The molecule has 3 aromatic rings. The van der Waals surface area contributed by atoms with Crippen LogP contribution in [0.4, 0.5) is 4.39 Å². The quantitative estimate of drug-likeness (QED) is 0.627. The summed E-state index contributed by atoms with van der Waals surface area (Å²) in [7, 11) is 0. The molecule has 0 unspecified atom stereocenters. The Kier molecular flexibility index (Phi) is 4.08. The molecule has 1 aromatic heterocycles. The van der Waals surface area contributed by atoms with Crippen molar-refractivity contribution < 1.29 is 4.39 Å². The first-order chi connectivity index (χ1) is 10.1. The highest BCUT2D eigenvalue weighted by Crippen LogP contribution is 2.25. The highest BCUT2D eigenvalue weighted by molar-refractivity contribution is 9.10. The van der Waals surface area contributed by atoms with Crippen LogP contribution in [0.15, 0.2) is 59.3 Å². The number of hydrogen-bond acceptors (Lipinski definition) is 1. The molecule has 2 nitrogen and oxygen atoms in total. The molecule has 5 heteroatoms. The summed E-state index contributed by atoms with van der Waals surface area (Å²) in [5.41, 5.74) is 1.43. The van der Waals surface area contributed by atoms with Gasteiger partial charge in [-0.2, -0.15) is 0 Å². The van der Waals surface area contributed by atoms with Gasteiger partial charge in [0.1, 0.15) is 11.6 Å². The third-order valence-electron chi connectivity index (χ3n) is 3.19. The van der Waals surface area contributed by atoms with E-state index in [4.69, 9.17) is 11.6 Å². The van der Waals surface area contributed by atoms with Crippen molar-refractivity contribution in [1.82, 2.24) is 9.55 Å². The summed E-state index contributed by atoms with van der Waals surface area (Å²) < 4.78 is 16.8. The van der Waals surface area contributed by atoms with E-state index in [0.717, 1.165) is 15.9 Å². The summed E-state index contributed by atoms with van der Waals surface area (Å²) in [4.78, 5) is 4.36. The predicted octanol–water partition coefficient (Wildman–Crippen LogP) is 5.15. The first-order valence-corrected chi connectivity index (χ1v) is 7.52. The van der Waals surface area contributed by atoms with E-state index in [9.17, 15) is 4.39 Å². The predicted molar refractivity (Wildman–Crippen MR) is 85.9 cm³/mol. The molecule has 21 heavy (non-hydrogen) atoms. The molecule has 2 aromatic carbocycles. The van der Waals surface area contributed by atoms with Gasteiger partial charge in [0.15, 0.2) is 0 Å². The lowest BCUT2D eigenvalue weighted by Crippen LogP contribution is -2.04. The Morgan fingerprint density at radius 2 is 2.00 bits per heavy atom. The molecule has 0 bridgehead atoms. The highest BCUT2D eigenvalue weighted by Gasteiger charge is 2.11. The molecule has 3 rings (SSSR count). The lowest BCUT2D eigenvalue weighted by Gasteiger charge is -2.10. The number of benzene rings is 2. The molecule has 0 atom stereocenters. The fourth-order valence-electron chi connectivity index (χ4n) is 2.18. The maximum Gasteiger partial charge on any atom is 0.140 e. The van der Waals surface area contributed by atoms with Gasteiger partial charge >= 0.3 is 0 Å². The van der Waals surface area contributed by atoms with Gasteiger partial charge in [0.2, 0.25) is 0 Å². The molecule has 0 aliphatic carbocycles. The molecule has 0 spiro atoms. The molecule has 0 amide bonds. The van der Waals surface area contributed by atoms with Crippen molar-refractivity contribution >= 4 is 27.5 Å². The standard InChI is InChI=1S/C16H11BrClFN2/c17-12-4-1-3-11(9-12)16-20-7-8-21(16)10-13-14(18)5-2-6-15(13)19/h1-9H,10H2. The van der Waals surface area contributed by atoms with Gasteiger partial charge in [0, 0.05) is 33.0 Å². The van der Waals surface area contributed by atoms with Crippen molar-refractivity contribution in [2.24, 2.45) is 0 Å². The van der Waals surface area contributed by atoms with Crippen LogP contribution in [0.3, 0.4) is 0 Å². The minimum atomic E-state index is -0.309. The molecule has 0 aliphatic rings. The van der Waals surface area contributed by atoms with Gasteiger partial charge in [0.05, 0.1) is 6.54 Å². The first kappa shape index (κ1) is 14.3. The zero-order valence-electron chi connectivity index (χ0n) is 10.9. The van der Waals surface area contributed by atoms with Crippen molar-refractivity contribution in [2.75, 3.05) is 0 Å². The second-order valence-electron chi connectivity index (χ2n) is 4.59. The van der Waals surface area contributed by atoms with Gasteiger partial charge in [-0.05, 0) is 24.3 Å². The third-order valence-corrected chi connectivity index (χ3v) is 4.04. The van der Waals surface area contributed by atoms with E-state index in [2.05, 4.69) is 20.9 Å². The topological polar surface area (TPSA) is 17.8 Å². The van der Waals surface area contributed by atoms with Crippen molar-refractivity contribution in [1.29, 1.82) is 0 Å². The molecule has 0 saturated heterocycles. The number of aromatic nitrogens is 2. The fraction of sp³-hybridized carbons (Fsp3) is 0.0625. The van der Waals surface area contributed by atoms with Crippen LogP contribution < -0.4 is 0 Å². The van der Waals surface area contributed by atoms with Gasteiger partial charge in [-0.1, -0.05) is 45.7 Å². The number of nitrogens with zero attached hydrogens (tertiary/aromatic N) is 2. The third kappa shape index (κ3) is 3.01. The van der Waals surface area contributed by atoms with Crippen LogP contribution in [0.25, 0.3) is 11.4 Å². The summed E-state index contributed by atoms with van der Waals surface area (Å²) in [5.74, 6) is 0.465. The smallest absolute Gasteiger partial charge is 0.140 e. The Hall–Kier alpha value is -1.65. The van der Waals surface area contributed by atoms with Crippen LogP contribution in [0.2, 0.25) is 5.02 Å². The van der Waals surface area contributed by atoms with Gasteiger partial charge in [0.25, 0.3) is 0 Å². The molecular weight excluding hydrogens is 355 g/mol. The van der Waals surface area contributed by atoms with E-state index in [1.165, 1.54) is 6.07 Å². The van der Waals surface area contributed by atoms with E-state index in [1.54, 1.807) is 18.3 Å². The summed E-state index contributed by atoms with van der Waals surface area (Å²) in [5, 5.41) is 0.420. The average Bonchev–Trinajstić information content (AvgIpc) is 2.91. The monoisotopic (exact) mass is 364 g/mol. The van der Waals surface area contributed by atoms with Crippen molar-refractivity contribution in [3.8, 4) is 11.4 Å². The van der Waals surface area contributed by atoms with Crippen molar-refractivity contribution in [3.63, 3.8) is 0 Å². The average molecular weight is 366 g/mol. The van der Waals surface area contributed by atoms with E-state index < -0.39 is 0 Å². The van der Waals surface area contributed by atoms with E-state index in [0.29, 0.717) is 17.1 Å². The maximum atomic E-state index is 13.9. The second-order valence-corrected chi connectivity index (χ2v) is 5.91. The second kappa shape index (κ2) is 6.00.